The van der Waals surface area contributed by atoms with Crippen LogP contribution in [0.5, 0.6) is 0 Å². The van der Waals surface area contributed by atoms with Gasteiger partial charge in [0.1, 0.15) is 6.29 Å². The molecule has 0 spiro atoms. The molecule has 1 fully saturated rings. The topological polar surface area (TPSA) is 113 Å². The number of carbonyl (C=O) groups excluding carboxylic acids is 1. The van der Waals surface area contributed by atoms with Crippen molar-refractivity contribution in [1.29, 1.82) is 5.41 Å². The minimum Gasteiger partial charge on any atom is -0.380 e. The summed E-state index contributed by atoms with van der Waals surface area (Å²) < 4.78 is 29.5. The van der Waals surface area contributed by atoms with Crippen LogP contribution in [0.15, 0.2) is 10.7 Å². The van der Waals surface area contributed by atoms with Gasteiger partial charge < -0.3 is 9.32 Å². The minimum atomic E-state index is -3.31. The van der Waals surface area contributed by atoms with Gasteiger partial charge in [-0.25, -0.2) is 12.7 Å². The van der Waals surface area contributed by atoms with Gasteiger partial charge in [0.15, 0.2) is 0 Å². The number of aromatic nitrogens is 2. The summed E-state index contributed by atoms with van der Waals surface area (Å²) in [5.41, 5.74) is -0.131. The van der Waals surface area contributed by atoms with E-state index in [-0.39, 0.29) is 24.4 Å². The van der Waals surface area contributed by atoms with E-state index in [4.69, 9.17) is 5.41 Å². The highest BCUT2D eigenvalue weighted by Crippen LogP contribution is 2.09. The Morgan fingerprint density at radius 2 is 2.37 bits per heavy atom. The second-order valence-corrected chi connectivity index (χ2v) is 6.37. The molecule has 0 aromatic carbocycles. The zero-order chi connectivity index (χ0) is 14.0. The number of sulfonamides is 1. The van der Waals surface area contributed by atoms with Crippen molar-refractivity contribution in [3.05, 3.63) is 11.8 Å². The number of aldehydes is 1. The highest BCUT2D eigenvalue weighted by atomic mass is 32.2. The molecule has 0 bridgehead atoms. The van der Waals surface area contributed by atoms with Crippen LogP contribution in [0.4, 0.5) is 0 Å². The van der Waals surface area contributed by atoms with Crippen molar-refractivity contribution < 1.29 is 22.5 Å². The van der Waals surface area contributed by atoms with Gasteiger partial charge in [-0.05, 0) is 12.2 Å². The Morgan fingerprint density at radius 3 is 2.89 bits per heavy atom. The Balaban J connectivity index is 2.20. The molecule has 10 heteroatoms. The van der Waals surface area contributed by atoms with E-state index in [2.05, 4.69) is 9.79 Å². The fraction of sp³-hybridized carbons (Fsp3) is 0.667. The Morgan fingerprint density at radius 1 is 1.63 bits per heavy atom. The summed E-state index contributed by atoms with van der Waals surface area (Å²) in [5.74, 6) is 0.00650. The summed E-state index contributed by atoms with van der Waals surface area (Å²) in [6, 6.07) is -0.649. The van der Waals surface area contributed by atoms with Gasteiger partial charge in [0.2, 0.25) is 10.0 Å². The average Bonchev–Trinajstić information content (AvgIpc) is 2.84. The third-order valence-electron chi connectivity index (χ3n) is 2.99. The molecule has 1 N–H and O–H groups in total. The third-order valence-corrected chi connectivity index (χ3v) is 4.83. The molecule has 1 aromatic rings. The number of nitrogens with zero attached hydrogens (tertiary/aromatic N) is 4. The summed E-state index contributed by atoms with van der Waals surface area (Å²) >= 11 is 0. The number of hydrogen-bond acceptors (Lipinski definition) is 6. The summed E-state index contributed by atoms with van der Waals surface area (Å²) in [6.45, 7) is 2.22. The first kappa shape index (κ1) is 13.7. The van der Waals surface area contributed by atoms with Gasteiger partial charge in [-0.2, -0.15) is 0 Å². The van der Waals surface area contributed by atoms with Gasteiger partial charge in [0.25, 0.3) is 11.8 Å². The number of piperazine rings is 1. The standard InChI is InChI=1S/C9H15N5O4S/c1-2-19(16,17)12-3-4-13(8(5-12)7-15)14-6-9(10)18-11-14/h6-8,10H,2-5H2,1H3. The molecule has 9 nitrogen and oxygen atoms in total. The Kier molecular flexibility index (Phi) is 3.71. The lowest BCUT2D eigenvalue weighted by molar-refractivity contribution is -0.766. The fourth-order valence-corrected chi connectivity index (χ4v) is 3.04. The van der Waals surface area contributed by atoms with E-state index in [0.29, 0.717) is 12.8 Å². The molecule has 0 aliphatic carbocycles. The maximum absolute atomic E-state index is 11.8. The molecule has 19 heavy (non-hydrogen) atoms. The molecule has 1 saturated heterocycles. The number of hydrogen-bond donors (Lipinski definition) is 1. The molecular formula is C9H15N5O4S. The van der Waals surface area contributed by atoms with E-state index in [9.17, 15) is 13.2 Å². The normalized spacial score (nSPS) is 21.5. The SMILES string of the molecule is CCS(=O)(=O)N1CCN([n+]2cc(=N)o[n-]2)C(C=O)C1. The number of nitrogens with one attached hydrogen (secondary N) is 1. The lowest BCUT2D eigenvalue weighted by Crippen LogP contribution is -2.71. The van der Waals surface area contributed by atoms with E-state index in [1.807, 2.05) is 0 Å². The molecular weight excluding hydrogens is 274 g/mol. The Hall–Kier alpha value is -1.68. The molecule has 0 amide bonds. The van der Waals surface area contributed by atoms with Gasteiger partial charge >= 0.3 is 0 Å². The van der Waals surface area contributed by atoms with Crippen molar-refractivity contribution in [2.75, 3.05) is 30.4 Å². The summed E-state index contributed by atoms with van der Waals surface area (Å²) in [5, 5.41) is 12.4. The number of rotatable bonds is 4. The van der Waals surface area contributed by atoms with Crippen LogP contribution in [0.2, 0.25) is 0 Å². The monoisotopic (exact) mass is 289 g/mol. The summed E-state index contributed by atoms with van der Waals surface area (Å²) in [6.07, 6.45) is 1.99. The van der Waals surface area contributed by atoms with Gasteiger partial charge in [-0.15, -0.1) is 0 Å². The van der Waals surface area contributed by atoms with Crippen molar-refractivity contribution in [1.82, 2.24) is 9.58 Å². The van der Waals surface area contributed by atoms with Crippen LogP contribution in [0, 0.1) is 5.41 Å². The van der Waals surface area contributed by atoms with Crippen molar-refractivity contribution in [2.45, 2.75) is 13.0 Å². The van der Waals surface area contributed by atoms with Crippen LogP contribution in [0.25, 0.3) is 0 Å². The Bertz CT molecular complexity index is 606. The first-order chi connectivity index (χ1) is 8.97. The van der Waals surface area contributed by atoms with Crippen molar-refractivity contribution >= 4 is 16.3 Å². The van der Waals surface area contributed by atoms with E-state index in [1.165, 1.54) is 15.3 Å². The van der Waals surface area contributed by atoms with Crippen LogP contribution in [0.3, 0.4) is 0 Å². The molecule has 2 heterocycles. The molecule has 1 atom stereocenters. The van der Waals surface area contributed by atoms with Crippen molar-refractivity contribution in [3.63, 3.8) is 0 Å². The minimum absolute atomic E-state index is 0.00650. The molecule has 0 radical (unpaired) electrons. The highest BCUT2D eigenvalue weighted by molar-refractivity contribution is 7.89. The largest absolute Gasteiger partial charge is 0.380 e. The van der Waals surface area contributed by atoms with Gasteiger partial charge in [-0.1, -0.05) is 4.79 Å². The van der Waals surface area contributed by atoms with E-state index < -0.39 is 16.1 Å². The molecule has 1 aliphatic heterocycles. The van der Waals surface area contributed by atoms with E-state index in [0.717, 1.165) is 0 Å². The first-order valence-electron chi connectivity index (χ1n) is 5.78. The maximum Gasteiger partial charge on any atom is 0.286 e. The maximum atomic E-state index is 11.8. The zero-order valence-corrected chi connectivity index (χ0v) is 11.2. The molecule has 106 valence electrons. The van der Waals surface area contributed by atoms with Gasteiger partial charge in [-0.3, -0.25) is 10.4 Å². The van der Waals surface area contributed by atoms with E-state index >= 15 is 0 Å². The third kappa shape index (κ3) is 2.68. The van der Waals surface area contributed by atoms with Crippen LogP contribution in [-0.4, -0.2) is 50.4 Å². The highest BCUT2D eigenvalue weighted by Gasteiger charge is 2.32. The summed E-state index contributed by atoms with van der Waals surface area (Å²) in [4.78, 5) is 12.4. The second kappa shape index (κ2) is 5.13. The Labute approximate surface area is 109 Å². The van der Waals surface area contributed by atoms with Crippen molar-refractivity contribution in [2.24, 2.45) is 0 Å². The average molecular weight is 289 g/mol. The lowest BCUT2D eigenvalue weighted by Gasteiger charge is -2.38. The molecule has 1 unspecified atom stereocenters. The quantitative estimate of drug-likeness (QED) is 0.472. The second-order valence-electron chi connectivity index (χ2n) is 4.11. The van der Waals surface area contributed by atoms with Crippen molar-refractivity contribution in [3.8, 4) is 0 Å². The number of carbonyl (C=O) groups is 1. The predicted octanol–water partition coefficient (Wildman–Crippen LogP) is -2.83. The zero-order valence-electron chi connectivity index (χ0n) is 10.4. The smallest absolute Gasteiger partial charge is 0.286 e. The van der Waals surface area contributed by atoms with Gasteiger partial charge in [0, 0.05) is 19.6 Å². The molecule has 2 rings (SSSR count). The van der Waals surface area contributed by atoms with Crippen LogP contribution < -0.4 is 20.6 Å². The fourth-order valence-electron chi connectivity index (χ4n) is 1.94. The van der Waals surface area contributed by atoms with E-state index in [1.54, 1.807) is 11.9 Å². The van der Waals surface area contributed by atoms with Crippen LogP contribution >= 0.6 is 0 Å². The van der Waals surface area contributed by atoms with Crippen LogP contribution in [-0.2, 0) is 14.8 Å². The van der Waals surface area contributed by atoms with Gasteiger partial charge in [0.05, 0.1) is 11.8 Å². The summed E-state index contributed by atoms with van der Waals surface area (Å²) in [7, 11) is -3.31. The lowest BCUT2D eigenvalue weighted by atomic mass is 10.2. The first-order valence-corrected chi connectivity index (χ1v) is 7.39. The molecule has 0 saturated carbocycles. The van der Waals surface area contributed by atoms with Crippen LogP contribution in [0.1, 0.15) is 6.92 Å². The predicted molar refractivity (Wildman–Crippen MR) is 62.0 cm³/mol. The molecule has 1 aliphatic rings. The molecule has 1 aromatic heterocycles.